The lowest BCUT2D eigenvalue weighted by Gasteiger charge is -2.12. The molecular weight excluding hydrogens is 303 g/mol. The Hall–Kier alpha value is -0.450. The number of benzene rings is 1. The molecule has 0 bridgehead atoms. The monoisotopic (exact) mass is 318 g/mol. The van der Waals surface area contributed by atoms with E-state index in [1.807, 2.05) is 32.0 Å². The van der Waals surface area contributed by atoms with Crippen LogP contribution < -0.4 is 9.47 Å². The van der Waals surface area contributed by atoms with Crippen LogP contribution in [0.15, 0.2) is 18.2 Å². The van der Waals surface area contributed by atoms with Crippen molar-refractivity contribution in [3.8, 4) is 11.5 Å². The zero-order chi connectivity index (χ0) is 10.8. The Kier molecular flexibility index (Phi) is 3.38. The van der Waals surface area contributed by atoms with E-state index in [0.717, 1.165) is 15.1 Å². The van der Waals surface area contributed by atoms with Gasteiger partial charge in [-0.25, -0.2) is 0 Å². The van der Waals surface area contributed by atoms with Crippen molar-refractivity contribution in [2.24, 2.45) is 0 Å². The van der Waals surface area contributed by atoms with E-state index in [9.17, 15) is 0 Å². The highest BCUT2D eigenvalue weighted by molar-refractivity contribution is 14.1. The Labute approximate surface area is 104 Å². The van der Waals surface area contributed by atoms with E-state index in [4.69, 9.17) is 9.47 Å². The highest BCUT2D eigenvalue weighted by atomic mass is 127. The quantitative estimate of drug-likeness (QED) is 0.790. The molecule has 0 radical (unpaired) electrons. The molecule has 3 heteroatoms. The van der Waals surface area contributed by atoms with Crippen molar-refractivity contribution in [1.82, 2.24) is 0 Å². The molecule has 82 valence electrons. The molecule has 0 N–H and O–H groups in total. The van der Waals surface area contributed by atoms with Gasteiger partial charge in [0.25, 0.3) is 0 Å². The second-order valence-corrected chi connectivity index (χ2v) is 5.24. The molecule has 1 saturated carbocycles. The summed E-state index contributed by atoms with van der Waals surface area (Å²) in [6, 6.07) is 6.01. The second-order valence-electron chi connectivity index (χ2n) is 4.08. The molecule has 0 unspecified atom stereocenters. The van der Waals surface area contributed by atoms with Gasteiger partial charge in [-0.2, -0.15) is 0 Å². The minimum absolute atomic E-state index is 0.216. The lowest BCUT2D eigenvalue weighted by molar-refractivity contribution is 0.239. The van der Waals surface area contributed by atoms with E-state index in [0.29, 0.717) is 6.10 Å². The molecule has 2 nitrogen and oxygen atoms in total. The first-order chi connectivity index (χ1) is 7.15. The Morgan fingerprint density at radius 3 is 2.60 bits per heavy atom. The molecule has 0 atom stereocenters. The number of hydrogen-bond donors (Lipinski definition) is 0. The standard InChI is InChI=1S/C12H15IO2/c1-8(2)14-12-6-5-10(7-11(12)13)15-9-3-4-9/h5-9H,3-4H2,1-2H3. The Bertz CT molecular complexity index is 345. The van der Waals surface area contributed by atoms with Crippen LogP contribution in [0.5, 0.6) is 11.5 Å². The third kappa shape index (κ3) is 3.26. The van der Waals surface area contributed by atoms with Crippen molar-refractivity contribution < 1.29 is 9.47 Å². The summed E-state index contributed by atoms with van der Waals surface area (Å²) in [7, 11) is 0. The van der Waals surface area contributed by atoms with Crippen LogP contribution in [0.3, 0.4) is 0 Å². The van der Waals surface area contributed by atoms with Crippen molar-refractivity contribution in [1.29, 1.82) is 0 Å². The van der Waals surface area contributed by atoms with E-state index in [1.54, 1.807) is 0 Å². The molecule has 0 aliphatic heterocycles. The predicted molar refractivity (Wildman–Crippen MR) is 68.6 cm³/mol. The first-order valence-electron chi connectivity index (χ1n) is 5.28. The molecule has 0 spiro atoms. The van der Waals surface area contributed by atoms with Crippen LogP contribution in [-0.4, -0.2) is 12.2 Å². The van der Waals surface area contributed by atoms with Crippen LogP contribution in [0.2, 0.25) is 0 Å². The SMILES string of the molecule is CC(C)Oc1ccc(OC2CC2)cc1I. The van der Waals surface area contributed by atoms with Gasteiger partial charge in [-0.05, 0) is 67.5 Å². The van der Waals surface area contributed by atoms with Crippen LogP contribution in [-0.2, 0) is 0 Å². The summed E-state index contributed by atoms with van der Waals surface area (Å²) in [6.07, 6.45) is 3.06. The highest BCUT2D eigenvalue weighted by Gasteiger charge is 2.23. The summed E-state index contributed by atoms with van der Waals surface area (Å²) in [5.74, 6) is 1.90. The largest absolute Gasteiger partial charge is 0.490 e. The summed E-state index contributed by atoms with van der Waals surface area (Å²) in [4.78, 5) is 0. The van der Waals surface area contributed by atoms with Gasteiger partial charge in [0.1, 0.15) is 11.5 Å². The zero-order valence-corrected chi connectivity index (χ0v) is 11.2. The molecule has 1 fully saturated rings. The van der Waals surface area contributed by atoms with E-state index in [2.05, 4.69) is 22.6 Å². The van der Waals surface area contributed by atoms with Crippen LogP contribution in [0.4, 0.5) is 0 Å². The summed E-state index contributed by atoms with van der Waals surface area (Å²) in [6.45, 7) is 4.06. The maximum atomic E-state index is 5.71. The minimum Gasteiger partial charge on any atom is -0.490 e. The maximum Gasteiger partial charge on any atom is 0.133 e. The summed E-state index contributed by atoms with van der Waals surface area (Å²) in [5, 5.41) is 0. The molecule has 0 heterocycles. The Morgan fingerprint density at radius 2 is 2.07 bits per heavy atom. The number of halogens is 1. The molecule has 2 rings (SSSR count). The van der Waals surface area contributed by atoms with Gasteiger partial charge in [-0.15, -0.1) is 0 Å². The summed E-state index contributed by atoms with van der Waals surface area (Å²) >= 11 is 2.28. The lowest BCUT2D eigenvalue weighted by atomic mass is 10.3. The fourth-order valence-electron chi connectivity index (χ4n) is 1.28. The molecule has 0 aromatic heterocycles. The first-order valence-corrected chi connectivity index (χ1v) is 6.36. The topological polar surface area (TPSA) is 18.5 Å². The third-order valence-electron chi connectivity index (χ3n) is 2.09. The van der Waals surface area contributed by atoms with Crippen molar-refractivity contribution in [3.63, 3.8) is 0 Å². The van der Waals surface area contributed by atoms with Crippen LogP contribution in [0, 0.1) is 3.57 Å². The molecule has 1 aliphatic carbocycles. The molecular formula is C12H15IO2. The maximum absolute atomic E-state index is 5.71. The van der Waals surface area contributed by atoms with Crippen LogP contribution >= 0.6 is 22.6 Å². The van der Waals surface area contributed by atoms with Gasteiger partial charge in [-0.1, -0.05) is 0 Å². The molecule has 1 aromatic carbocycles. The van der Waals surface area contributed by atoms with E-state index in [-0.39, 0.29) is 6.10 Å². The fraction of sp³-hybridized carbons (Fsp3) is 0.500. The van der Waals surface area contributed by atoms with E-state index < -0.39 is 0 Å². The average molecular weight is 318 g/mol. The van der Waals surface area contributed by atoms with Gasteiger partial charge >= 0.3 is 0 Å². The van der Waals surface area contributed by atoms with E-state index in [1.165, 1.54) is 12.8 Å². The Morgan fingerprint density at radius 1 is 1.33 bits per heavy atom. The fourth-order valence-corrected chi connectivity index (χ4v) is 1.90. The number of ether oxygens (including phenoxy) is 2. The summed E-state index contributed by atoms with van der Waals surface area (Å²) in [5.41, 5.74) is 0. The van der Waals surface area contributed by atoms with Crippen molar-refractivity contribution >= 4 is 22.6 Å². The van der Waals surface area contributed by atoms with Gasteiger partial charge in [0.15, 0.2) is 0 Å². The van der Waals surface area contributed by atoms with Gasteiger partial charge in [0.2, 0.25) is 0 Å². The first kappa shape index (κ1) is 11.0. The van der Waals surface area contributed by atoms with E-state index >= 15 is 0 Å². The van der Waals surface area contributed by atoms with Crippen LogP contribution in [0.1, 0.15) is 26.7 Å². The Balaban J connectivity index is 2.07. The van der Waals surface area contributed by atoms with Crippen LogP contribution in [0.25, 0.3) is 0 Å². The van der Waals surface area contributed by atoms with Gasteiger partial charge in [-0.3, -0.25) is 0 Å². The smallest absolute Gasteiger partial charge is 0.133 e. The van der Waals surface area contributed by atoms with Crippen molar-refractivity contribution in [2.45, 2.75) is 38.9 Å². The molecule has 0 saturated heterocycles. The average Bonchev–Trinajstić information content (AvgIpc) is 2.93. The third-order valence-corrected chi connectivity index (χ3v) is 2.94. The molecule has 1 aromatic rings. The van der Waals surface area contributed by atoms with Crippen molar-refractivity contribution in [2.75, 3.05) is 0 Å². The summed E-state index contributed by atoms with van der Waals surface area (Å²) < 4.78 is 12.5. The molecule has 1 aliphatic rings. The zero-order valence-electron chi connectivity index (χ0n) is 9.00. The molecule has 15 heavy (non-hydrogen) atoms. The second kappa shape index (κ2) is 4.60. The van der Waals surface area contributed by atoms with Gasteiger partial charge < -0.3 is 9.47 Å². The van der Waals surface area contributed by atoms with Gasteiger partial charge in [0.05, 0.1) is 15.8 Å². The van der Waals surface area contributed by atoms with Crippen molar-refractivity contribution in [3.05, 3.63) is 21.8 Å². The highest BCUT2D eigenvalue weighted by Crippen LogP contribution is 2.31. The predicted octanol–water partition coefficient (Wildman–Crippen LogP) is 3.62. The minimum atomic E-state index is 0.216. The number of hydrogen-bond acceptors (Lipinski definition) is 2. The van der Waals surface area contributed by atoms with Gasteiger partial charge in [0, 0.05) is 0 Å². The molecule has 0 amide bonds. The lowest BCUT2D eigenvalue weighted by Crippen LogP contribution is -2.06. The number of rotatable bonds is 4. The normalized spacial score (nSPS) is 15.5.